The highest BCUT2D eigenvalue weighted by Crippen LogP contribution is 2.23. The molecule has 0 unspecified atom stereocenters. The summed E-state index contributed by atoms with van der Waals surface area (Å²) in [7, 11) is 0. The van der Waals surface area contributed by atoms with Crippen molar-refractivity contribution in [3.8, 4) is 0 Å². The molecule has 27 heavy (non-hydrogen) atoms. The van der Waals surface area contributed by atoms with Gasteiger partial charge in [-0.05, 0) is 18.2 Å². The number of nitrogens with zero attached hydrogens (tertiary/aromatic N) is 1. The number of morpholine rings is 1. The molecule has 148 valence electrons. The Morgan fingerprint density at radius 2 is 2.07 bits per heavy atom. The predicted molar refractivity (Wildman–Crippen MR) is 98.6 cm³/mol. The highest BCUT2D eigenvalue weighted by atomic mass is 19.1. The van der Waals surface area contributed by atoms with Gasteiger partial charge in [0, 0.05) is 24.2 Å². The number of nitrogens with two attached hydrogens (primary N) is 1. The van der Waals surface area contributed by atoms with E-state index in [0.717, 1.165) is 0 Å². The van der Waals surface area contributed by atoms with Crippen molar-refractivity contribution in [3.05, 3.63) is 24.0 Å². The Morgan fingerprint density at radius 1 is 1.37 bits per heavy atom. The van der Waals surface area contributed by atoms with Crippen LogP contribution in [0.2, 0.25) is 0 Å². The molecule has 1 heterocycles. The van der Waals surface area contributed by atoms with Crippen LogP contribution in [0.4, 0.5) is 15.8 Å². The Labute approximate surface area is 157 Å². The number of anilines is 2. The van der Waals surface area contributed by atoms with E-state index in [0.29, 0.717) is 18.8 Å². The van der Waals surface area contributed by atoms with Crippen LogP contribution in [-0.4, -0.2) is 50.1 Å². The summed E-state index contributed by atoms with van der Waals surface area (Å²) < 4.78 is 19.5. The van der Waals surface area contributed by atoms with Gasteiger partial charge < -0.3 is 26.0 Å². The van der Waals surface area contributed by atoms with Crippen LogP contribution in [-0.2, 0) is 19.1 Å². The Balaban J connectivity index is 2.08. The zero-order chi connectivity index (χ0) is 20.2. The summed E-state index contributed by atoms with van der Waals surface area (Å²) >= 11 is 0. The maximum Gasteiger partial charge on any atom is 0.253 e. The standard InChI is InChI=1S/C18H25FN4O4/c1-18(2,3)17(26)22-14(9-20)16(25)21-13-5-4-11(8-12(13)19)23-6-7-27-10-15(23)24/h4-5,8,14H,6-7,9-10,20H2,1-3H3,(H,21,25)(H,22,26)/t14-/m0/s1. The molecule has 0 saturated carbocycles. The first-order valence-electron chi connectivity index (χ1n) is 8.63. The first kappa shape index (κ1) is 20.8. The molecular weight excluding hydrogens is 355 g/mol. The summed E-state index contributed by atoms with van der Waals surface area (Å²) in [6, 6.07) is 3.08. The lowest BCUT2D eigenvalue weighted by Crippen LogP contribution is -2.51. The van der Waals surface area contributed by atoms with Gasteiger partial charge in [-0.1, -0.05) is 20.8 Å². The molecule has 0 aromatic heterocycles. The summed E-state index contributed by atoms with van der Waals surface area (Å²) in [6.07, 6.45) is 0. The molecule has 0 aliphatic carbocycles. The summed E-state index contributed by atoms with van der Waals surface area (Å²) in [6.45, 7) is 5.65. The van der Waals surface area contributed by atoms with E-state index in [2.05, 4.69) is 10.6 Å². The monoisotopic (exact) mass is 380 g/mol. The maximum absolute atomic E-state index is 14.4. The summed E-state index contributed by atoms with van der Waals surface area (Å²) in [4.78, 5) is 37.6. The van der Waals surface area contributed by atoms with Gasteiger partial charge in [-0.3, -0.25) is 14.4 Å². The van der Waals surface area contributed by atoms with Gasteiger partial charge in [-0.15, -0.1) is 0 Å². The van der Waals surface area contributed by atoms with Gasteiger partial charge >= 0.3 is 0 Å². The molecular formula is C18H25FN4O4. The largest absolute Gasteiger partial charge is 0.370 e. The van der Waals surface area contributed by atoms with Gasteiger partial charge in [-0.2, -0.15) is 0 Å². The third-order valence-electron chi connectivity index (χ3n) is 4.05. The Bertz CT molecular complexity index is 733. The van der Waals surface area contributed by atoms with Gasteiger partial charge in [0.05, 0.1) is 12.3 Å². The molecule has 1 aliphatic heterocycles. The topological polar surface area (TPSA) is 114 Å². The van der Waals surface area contributed by atoms with Crippen molar-refractivity contribution >= 4 is 29.1 Å². The number of hydrogen-bond acceptors (Lipinski definition) is 5. The van der Waals surface area contributed by atoms with E-state index in [-0.39, 0.29) is 30.7 Å². The van der Waals surface area contributed by atoms with Gasteiger partial charge in [0.25, 0.3) is 5.91 Å². The minimum Gasteiger partial charge on any atom is -0.370 e. The van der Waals surface area contributed by atoms with Crippen LogP contribution < -0.4 is 21.3 Å². The van der Waals surface area contributed by atoms with Gasteiger partial charge in [0.1, 0.15) is 18.5 Å². The molecule has 9 heteroatoms. The molecule has 1 aromatic rings. The van der Waals surface area contributed by atoms with Crippen molar-refractivity contribution in [3.63, 3.8) is 0 Å². The second-order valence-corrected chi connectivity index (χ2v) is 7.26. The van der Waals surface area contributed by atoms with Crippen molar-refractivity contribution in [1.29, 1.82) is 0 Å². The first-order valence-corrected chi connectivity index (χ1v) is 8.63. The molecule has 1 fully saturated rings. The highest BCUT2D eigenvalue weighted by molar-refractivity contribution is 5.99. The smallest absolute Gasteiger partial charge is 0.253 e. The fourth-order valence-corrected chi connectivity index (χ4v) is 2.39. The molecule has 0 radical (unpaired) electrons. The molecule has 1 atom stereocenters. The van der Waals surface area contributed by atoms with Crippen molar-refractivity contribution in [1.82, 2.24) is 5.32 Å². The Kier molecular flexibility index (Phi) is 6.50. The fraction of sp³-hybridized carbons (Fsp3) is 0.500. The van der Waals surface area contributed by atoms with Crippen molar-refractivity contribution in [2.75, 3.05) is 36.5 Å². The van der Waals surface area contributed by atoms with Crippen molar-refractivity contribution < 1.29 is 23.5 Å². The average molecular weight is 380 g/mol. The molecule has 4 N–H and O–H groups in total. The number of hydrogen-bond donors (Lipinski definition) is 3. The van der Waals surface area contributed by atoms with E-state index >= 15 is 0 Å². The predicted octanol–water partition coefficient (Wildman–Crippen LogP) is 0.617. The molecule has 1 aliphatic rings. The number of carbonyl (C=O) groups is 3. The van der Waals surface area contributed by atoms with Gasteiger partial charge in [-0.25, -0.2) is 4.39 Å². The van der Waals surface area contributed by atoms with Crippen LogP contribution in [0.3, 0.4) is 0 Å². The normalized spacial score (nSPS) is 16.0. The lowest BCUT2D eigenvalue weighted by Gasteiger charge is -2.27. The number of benzene rings is 1. The van der Waals surface area contributed by atoms with Crippen LogP contribution >= 0.6 is 0 Å². The molecule has 0 bridgehead atoms. The fourth-order valence-electron chi connectivity index (χ4n) is 2.39. The van der Waals surface area contributed by atoms with Crippen molar-refractivity contribution in [2.45, 2.75) is 26.8 Å². The number of ether oxygens (including phenoxy) is 1. The third-order valence-corrected chi connectivity index (χ3v) is 4.05. The number of halogens is 1. The lowest BCUT2D eigenvalue weighted by atomic mass is 9.95. The number of nitrogens with one attached hydrogen (secondary N) is 2. The summed E-state index contributed by atoms with van der Waals surface area (Å²) in [5.41, 5.74) is 5.20. The second kappa shape index (κ2) is 8.45. The van der Waals surface area contributed by atoms with Crippen molar-refractivity contribution in [2.24, 2.45) is 11.1 Å². The second-order valence-electron chi connectivity index (χ2n) is 7.26. The quantitative estimate of drug-likeness (QED) is 0.693. The van der Waals surface area contributed by atoms with Crippen LogP contribution in [0.1, 0.15) is 20.8 Å². The van der Waals surface area contributed by atoms with E-state index < -0.39 is 23.2 Å². The molecule has 1 saturated heterocycles. The maximum atomic E-state index is 14.4. The van der Waals surface area contributed by atoms with E-state index in [4.69, 9.17) is 10.5 Å². The average Bonchev–Trinajstić information content (AvgIpc) is 2.60. The van der Waals surface area contributed by atoms with Crippen LogP contribution in [0.25, 0.3) is 0 Å². The van der Waals surface area contributed by atoms with E-state index in [9.17, 15) is 18.8 Å². The van der Waals surface area contributed by atoms with Gasteiger partial charge in [0.15, 0.2) is 0 Å². The number of rotatable bonds is 5. The zero-order valence-electron chi connectivity index (χ0n) is 15.7. The number of amides is 3. The van der Waals surface area contributed by atoms with E-state index in [1.165, 1.54) is 23.1 Å². The molecule has 8 nitrogen and oxygen atoms in total. The lowest BCUT2D eigenvalue weighted by molar-refractivity contribution is -0.131. The van der Waals surface area contributed by atoms with E-state index in [1.54, 1.807) is 20.8 Å². The summed E-state index contributed by atoms with van der Waals surface area (Å²) in [5, 5.41) is 4.97. The Morgan fingerprint density at radius 3 is 2.63 bits per heavy atom. The van der Waals surface area contributed by atoms with Crippen LogP contribution in [0.15, 0.2) is 18.2 Å². The zero-order valence-corrected chi connectivity index (χ0v) is 15.7. The molecule has 1 aromatic carbocycles. The first-order chi connectivity index (χ1) is 12.6. The summed E-state index contributed by atoms with van der Waals surface area (Å²) in [5.74, 6) is -1.91. The molecule has 3 amide bonds. The van der Waals surface area contributed by atoms with Crippen LogP contribution in [0.5, 0.6) is 0 Å². The molecule has 0 spiro atoms. The highest BCUT2D eigenvalue weighted by Gasteiger charge is 2.27. The Hall–Kier alpha value is -2.52. The van der Waals surface area contributed by atoms with Gasteiger partial charge in [0.2, 0.25) is 11.8 Å². The van der Waals surface area contributed by atoms with Crippen LogP contribution in [0, 0.1) is 11.2 Å². The third kappa shape index (κ3) is 5.24. The minimum absolute atomic E-state index is 0.0498. The van der Waals surface area contributed by atoms with E-state index in [1.807, 2.05) is 0 Å². The SMILES string of the molecule is CC(C)(C)C(=O)N[C@@H](CN)C(=O)Nc1ccc(N2CCOCC2=O)cc1F. The number of carbonyl (C=O) groups excluding carboxylic acids is 3. The molecule has 2 rings (SSSR count). The minimum atomic E-state index is -0.989.